The number of nitrogens with zero attached hydrogens (tertiary/aromatic N) is 3. The molecule has 3 nitrogen and oxygen atoms in total. The summed E-state index contributed by atoms with van der Waals surface area (Å²) < 4.78 is 0. The number of rotatable bonds is 10. The van der Waals surface area contributed by atoms with E-state index < -0.39 is 0 Å². The zero-order valence-electron chi connectivity index (χ0n) is 14.1. The third-order valence-corrected chi connectivity index (χ3v) is 3.44. The molecule has 0 aromatic heterocycles. The molecule has 118 valence electrons. The molecule has 0 heterocycles. The van der Waals surface area contributed by atoms with E-state index >= 15 is 0 Å². The predicted octanol–water partition coefficient (Wildman–Crippen LogP) is 5.86. The Morgan fingerprint density at radius 3 is 1.86 bits per heavy atom. The SMILES string of the molecule is CC(C)CCCN(CCCC(C)C)N=Nc1ccccc1. The fourth-order valence-electron chi connectivity index (χ4n) is 2.17. The Labute approximate surface area is 130 Å². The van der Waals surface area contributed by atoms with Gasteiger partial charge in [-0.05, 0) is 49.7 Å². The first-order chi connectivity index (χ1) is 10.1. The summed E-state index contributed by atoms with van der Waals surface area (Å²) in [7, 11) is 0. The third kappa shape index (κ3) is 9.22. The number of benzene rings is 1. The fraction of sp³-hybridized carbons (Fsp3) is 0.667. The van der Waals surface area contributed by atoms with Crippen molar-refractivity contribution >= 4 is 5.69 Å². The Kier molecular flexibility index (Phi) is 8.72. The minimum Gasteiger partial charge on any atom is -0.278 e. The summed E-state index contributed by atoms with van der Waals surface area (Å²) >= 11 is 0. The van der Waals surface area contributed by atoms with Crippen LogP contribution < -0.4 is 0 Å². The molecule has 0 radical (unpaired) electrons. The van der Waals surface area contributed by atoms with Crippen LogP contribution in [0.1, 0.15) is 53.4 Å². The summed E-state index contributed by atoms with van der Waals surface area (Å²) in [5, 5.41) is 10.9. The molecule has 1 aromatic carbocycles. The highest BCUT2D eigenvalue weighted by Crippen LogP contribution is 2.13. The van der Waals surface area contributed by atoms with Crippen LogP contribution >= 0.6 is 0 Å². The molecule has 0 saturated carbocycles. The van der Waals surface area contributed by atoms with Gasteiger partial charge in [0.2, 0.25) is 0 Å². The highest BCUT2D eigenvalue weighted by atomic mass is 15.5. The van der Waals surface area contributed by atoms with Gasteiger partial charge < -0.3 is 0 Å². The molecule has 0 N–H and O–H groups in total. The van der Waals surface area contributed by atoms with Gasteiger partial charge in [-0.1, -0.05) is 51.1 Å². The van der Waals surface area contributed by atoms with Crippen LogP contribution in [0.2, 0.25) is 0 Å². The topological polar surface area (TPSA) is 28.0 Å². The van der Waals surface area contributed by atoms with Gasteiger partial charge in [-0.3, -0.25) is 5.01 Å². The monoisotopic (exact) mass is 289 g/mol. The first kappa shape index (κ1) is 17.7. The number of hydrogen-bond donors (Lipinski definition) is 0. The third-order valence-electron chi connectivity index (χ3n) is 3.44. The van der Waals surface area contributed by atoms with Gasteiger partial charge in [-0.2, -0.15) is 0 Å². The van der Waals surface area contributed by atoms with Gasteiger partial charge in [-0.15, -0.1) is 5.11 Å². The van der Waals surface area contributed by atoms with E-state index in [0.717, 1.165) is 30.6 Å². The molecule has 0 saturated heterocycles. The van der Waals surface area contributed by atoms with Crippen molar-refractivity contribution in [1.29, 1.82) is 0 Å². The van der Waals surface area contributed by atoms with Crippen LogP contribution in [-0.4, -0.2) is 18.1 Å². The van der Waals surface area contributed by atoms with E-state index in [2.05, 4.69) is 43.0 Å². The summed E-state index contributed by atoms with van der Waals surface area (Å²) in [6, 6.07) is 9.97. The van der Waals surface area contributed by atoms with E-state index in [1.807, 2.05) is 30.3 Å². The highest BCUT2D eigenvalue weighted by Gasteiger charge is 2.04. The predicted molar refractivity (Wildman–Crippen MR) is 90.7 cm³/mol. The first-order valence-electron chi connectivity index (χ1n) is 8.29. The quantitative estimate of drug-likeness (QED) is 0.391. The molecule has 1 aromatic rings. The van der Waals surface area contributed by atoms with Crippen molar-refractivity contribution in [3.05, 3.63) is 30.3 Å². The van der Waals surface area contributed by atoms with Crippen molar-refractivity contribution in [1.82, 2.24) is 5.01 Å². The largest absolute Gasteiger partial charge is 0.278 e. The molecule has 21 heavy (non-hydrogen) atoms. The van der Waals surface area contributed by atoms with Crippen LogP contribution in [-0.2, 0) is 0 Å². The maximum Gasteiger partial charge on any atom is 0.0874 e. The Morgan fingerprint density at radius 1 is 0.857 bits per heavy atom. The lowest BCUT2D eigenvalue weighted by molar-refractivity contribution is 0.249. The van der Waals surface area contributed by atoms with E-state index in [4.69, 9.17) is 0 Å². The molecule has 1 rings (SSSR count). The molecule has 0 aliphatic heterocycles. The average molecular weight is 289 g/mol. The van der Waals surface area contributed by atoms with Crippen molar-refractivity contribution in [3.8, 4) is 0 Å². The second kappa shape index (κ2) is 10.4. The van der Waals surface area contributed by atoms with Gasteiger partial charge in [0.05, 0.1) is 5.69 Å². The minimum atomic E-state index is 0.758. The lowest BCUT2D eigenvalue weighted by atomic mass is 10.1. The Hall–Kier alpha value is -1.38. The normalized spacial score (nSPS) is 11.7. The van der Waals surface area contributed by atoms with Gasteiger partial charge in [0.25, 0.3) is 0 Å². The van der Waals surface area contributed by atoms with E-state index in [1.165, 1.54) is 25.7 Å². The molecule has 3 heteroatoms. The highest BCUT2D eigenvalue weighted by molar-refractivity contribution is 5.34. The van der Waals surface area contributed by atoms with Crippen LogP contribution in [0.15, 0.2) is 40.7 Å². The van der Waals surface area contributed by atoms with Gasteiger partial charge in [0.15, 0.2) is 0 Å². The molecule has 0 spiro atoms. The van der Waals surface area contributed by atoms with Crippen LogP contribution in [0, 0.1) is 11.8 Å². The van der Waals surface area contributed by atoms with Crippen molar-refractivity contribution in [2.24, 2.45) is 22.2 Å². The minimum absolute atomic E-state index is 0.758. The Balaban J connectivity index is 2.47. The van der Waals surface area contributed by atoms with Gasteiger partial charge >= 0.3 is 0 Å². The molecule has 0 bridgehead atoms. The van der Waals surface area contributed by atoms with Crippen LogP contribution in [0.4, 0.5) is 5.69 Å². The molecule has 0 fully saturated rings. The summed E-state index contributed by atoms with van der Waals surface area (Å²) in [4.78, 5) is 0. The summed E-state index contributed by atoms with van der Waals surface area (Å²) in [5.41, 5.74) is 0.926. The maximum atomic E-state index is 4.45. The molecule has 0 atom stereocenters. The second-order valence-corrected chi connectivity index (χ2v) is 6.55. The summed E-state index contributed by atoms with van der Waals surface area (Å²) in [6.45, 7) is 11.1. The molecular formula is C18H31N3. The average Bonchev–Trinajstić information content (AvgIpc) is 2.44. The van der Waals surface area contributed by atoms with Crippen molar-refractivity contribution in [2.45, 2.75) is 53.4 Å². The van der Waals surface area contributed by atoms with Crippen LogP contribution in [0.5, 0.6) is 0 Å². The fourth-order valence-corrected chi connectivity index (χ4v) is 2.17. The number of hydrogen-bond acceptors (Lipinski definition) is 2. The lowest BCUT2D eigenvalue weighted by Crippen LogP contribution is -2.20. The van der Waals surface area contributed by atoms with Gasteiger partial charge in [0.1, 0.15) is 0 Å². The molecule has 0 aliphatic rings. The van der Waals surface area contributed by atoms with E-state index in [0.29, 0.717) is 0 Å². The molecule has 0 aliphatic carbocycles. The molecule has 0 unspecified atom stereocenters. The smallest absolute Gasteiger partial charge is 0.0874 e. The van der Waals surface area contributed by atoms with Crippen molar-refractivity contribution in [3.63, 3.8) is 0 Å². The first-order valence-corrected chi connectivity index (χ1v) is 8.29. The Morgan fingerprint density at radius 2 is 1.38 bits per heavy atom. The maximum absolute atomic E-state index is 4.45. The van der Waals surface area contributed by atoms with E-state index in [1.54, 1.807) is 0 Å². The van der Waals surface area contributed by atoms with Crippen molar-refractivity contribution < 1.29 is 0 Å². The van der Waals surface area contributed by atoms with E-state index in [9.17, 15) is 0 Å². The Bertz CT molecular complexity index is 371. The molecule has 0 amide bonds. The standard InChI is InChI=1S/C18H31N3/c1-16(2)10-8-14-21(15-9-11-17(3)4)20-19-18-12-6-5-7-13-18/h5-7,12-13,16-17H,8-11,14-15H2,1-4H3. The second-order valence-electron chi connectivity index (χ2n) is 6.55. The summed E-state index contributed by atoms with van der Waals surface area (Å²) in [5.74, 6) is 1.52. The lowest BCUT2D eigenvalue weighted by Gasteiger charge is -2.18. The van der Waals surface area contributed by atoms with Gasteiger partial charge in [0, 0.05) is 13.1 Å². The summed E-state index contributed by atoms with van der Waals surface area (Å²) in [6.07, 6.45) is 4.88. The van der Waals surface area contributed by atoms with Crippen molar-refractivity contribution in [2.75, 3.05) is 13.1 Å². The van der Waals surface area contributed by atoms with E-state index in [-0.39, 0.29) is 0 Å². The van der Waals surface area contributed by atoms with Gasteiger partial charge in [-0.25, -0.2) is 0 Å². The molecular weight excluding hydrogens is 258 g/mol. The van der Waals surface area contributed by atoms with Crippen LogP contribution in [0.25, 0.3) is 0 Å². The zero-order valence-corrected chi connectivity index (χ0v) is 14.1. The van der Waals surface area contributed by atoms with Crippen LogP contribution in [0.3, 0.4) is 0 Å². The zero-order chi connectivity index (χ0) is 15.5.